The van der Waals surface area contributed by atoms with Gasteiger partial charge in [0.1, 0.15) is 5.82 Å². The van der Waals surface area contributed by atoms with E-state index in [-0.39, 0.29) is 16.1 Å². The summed E-state index contributed by atoms with van der Waals surface area (Å²) in [6.07, 6.45) is 0. The summed E-state index contributed by atoms with van der Waals surface area (Å²) in [5.41, 5.74) is 2.42. The summed E-state index contributed by atoms with van der Waals surface area (Å²) < 4.78 is 41.6. The molecule has 0 bridgehead atoms. The number of amides is 1. The van der Waals surface area contributed by atoms with Crippen molar-refractivity contribution in [3.8, 4) is 0 Å². The molecule has 0 aromatic heterocycles. The number of halogens is 1. The molecule has 7 heteroatoms. The third kappa shape index (κ3) is 4.20. The smallest absolute Gasteiger partial charge is 0.261 e. The zero-order valence-corrected chi connectivity index (χ0v) is 16.2. The largest absolute Gasteiger partial charge is 0.319 e. The van der Waals surface area contributed by atoms with Crippen LogP contribution < -0.4 is 10.0 Å². The Morgan fingerprint density at radius 2 is 1.46 bits per heavy atom. The van der Waals surface area contributed by atoms with Crippen molar-refractivity contribution in [1.29, 1.82) is 0 Å². The van der Waals surface area contributed by atoms with Crippen LogP contribution in [0.15, 0.2) is 71.6 Å². The van der Waals surface area contributed by atoms with Crippen LogP contribution in [0.4, 0.5) is 15.8 Å². The number of aryl methyl sites for hydroxylation is 2. The standard InChI is InChI=1S/C21H19FN2O3S/c1-14-6-5-7-15(2)20(14)24-28(26,27)17-12-10-16(11-13-17)21(25)23-19-9-4-3-8-18(19)22/h3-13,24H,1-2H3,(H,23,25). The van der Waals surface area contributed by atoms with Crippen molar-refractivity contribution in [2.45, 2.75) is 18.7 Å². The van der Waals surface area contributed by atoms with Crippen LogP contribution in [-0.4, -0.2) is 14.3 Å². The molecule has 0 unspecified atom stereocenters. The molecule has 3 aromatic carbocycles. The highest BCUT2D eigenvalue weighted by Crippen LogP contribution is 2.24. The fourth-order valence-electron chi connectivity index (χ4n) is 2.71. The number of sulfonamides is 1. The molecular formula is C21H19FN2O3S. The first kappa shape index (κ1) is 19.6. The van der Waals surface area contributed by atoms with Crippen molar-refractivity contribution in [2.24, 2.45) is 0 Å². The Labute approximate surface area is 163 Å². The van der Waals surface area contributed by atoms with Gasteiger partial charge in [0.25, 0.3) is 15.9 Å². The molecule has 0 fully saturated rings. The highest BCUT2D eigenvalue weighted by molar-refractivity contribution is 7.92. The molecule has 3 rings (SSSR count). The third-order valence-corrected chi connectivity index (χ3v) is 5.63. The number of anilines is 2. The third-order valence-electron chi connectivity index (χ3n) is 4.27. The molecule has 5 nitrogen and oxygen atoms in total. The van der Waals surface area contributed by atoms with E-state index < -0.39 is 21.7 Å². The highest BCUT2D eigenvalue weighted by atomic mass is 32.2. The van der Waals surface area contributed by atoms with Gasteiger partial charge in [-0.2, -0.15) is 0 Å². The summed E-state index contributed by atoms with van der Waals surface area (Å²) >= 11 is 0. The first-order valence-corrected chi connectivity index (χ1v) is 10.0. The zero-order chi connectivity index (χ0) is 20.3. The summed E-state index contributed by atoms with van der Waals surface area (Å²) in [7, 11) is -3.81. The van der Waals surface area contributed by atoms with E-state index in [1.165, 1.54) is 42.5 Å². The van der Waals surface area contributed by atoms with E-state index in [9.17, 15) is 17.6 Å². The van der Waals surface area contributed by atoms with Crippen molar-refractivity contribution in [2.75, 3.05) is 10.0 Å². The topological polar surface area (TPSA) is 75.3 Å². The molecule has 0 spiro atoms. The molecule has 3 aromatic rings. The average Bonchev–Trinajstić information content (AvgIpc) is 2.67. The summed E-state index contributed by atoms with van der Waals surface area (Å²) in [6, 6.07) is 16.8. The van der Waals surface area contributed by atoms with E-state index in [2.05, 4.69) is 10.0 Å². The van der Waals surface area contributed by atoms with Gasteiger partial charge in [-0.3, -0.25) is 9.52 Å². The molecule has 0 radical (unpaired) electrons. The molecule has 0 atom stereocenters. The normalized spacial score (nSPS) is 11.1. The monoisotopic (exact) mass is 398 g/mol. The van der Waals surface area contributed by atoms with E-state index in [0.717, 1.165) is 11.1 Å². The molecule has 0 saturated carbocycles. The lowest BCUT2D eigenvalue weighted by atomic mass is 10.1. The molecule has 0 aliphatic carbocycles. The van der Waals surface area contributed by atoms with Crippen LogP contribution in [0.25, 0.3) is 0 Å². The lowest BCUT2D eigenvalue weighted by molar-refractivity contribution is 0.102. The quantitative estimate of drug-likeness (QED) is 0.665. The number of hydrogen-bond acceptors (Lipinski definition) is 3. The van der Waals surface area contributed by atoms with Crippen LogP contribution >= 0.6 is 0 Å². The minimum atomic E-state index is -3.81. The van der Waals surface area contributed by atoms with Crippen LogP contribution in [0.2, 0.25) is 0 Å². The van der Waals surface area contributed by atoms with Gasteiger partial charge < -0.3 is 5.32 Å². The van der Waals surface area contributed by atoms with E-state index in [4.69, 9.17) is 0 Å². The van der Waals surface area contributed by atoms with Crippen molar-refractivity contribution in [1.82, 2.24) is 0 Å². The Balaban J connectivity index is 1.80. The Hall–Kier alpha value is -3.19. The molecule has 2 N–H and O–H groups in total. The molecular weight excluding hydrogens is 379 g/mol. The summed E-state index contributed by atoms with van der Waals surface area (Å²) in [4.78, 5) is 12.3. The second-order valence-corrected chi connectivity index (χ2v) is 8.01. The van der Waals surface area contributed by atoms with E-state index >= 15 is 0 Å². The van der Waals surface area contributed by atoms with Crippen molar-refractivity contribution in [3.05, 3.63) is 89.2 Å². The van der Waals surface area contributed by atoms with Crippen molar-refractivity contribution in [3.63, 3.8) is 0 Å². The van der Waals surface area contributed by atoms with Gasteiger partial charge >= 0.3 is 0 Å². The van der Waals surface area contributed by atoms with Crippen LogP contribution in [0.1, 0.15) is 21.5 Å². The van der Waals surface area contributed by atoms with Crippen molar-refractivity contribution < 1.29 is 17.6 Å². The van der Waals surface area contributed by atoms with Crippen molar-refractivity contribution >= 4 is 27.3 Å². The maximum atomic E-state index is 13.7. The average molecular weight is 398 g/mol. The molecule has 1 amide bonds. The lowest BCUT2D eigenvalue weighted by Crippen LogP contribution is -2.16. The maximum absolute atomic E-state index is 13.7. The van der Waals surface area contributed by atoms with Crippen LogP contribution in [0.3, 0.4) is 0 Å². The Morgan fingerprint density at radius 3 is 2.07 bits per heavy atom. The summed E-state index contributed by atoms with van der Waals surface area (Å²) in [5.74, 6) is -1.08. The molecule has 0 heterocycles. The molecule has 28 heavy (non-hydrogen) atoms. The number of nitrogens with one attached hydrogen (secondary N) is 2. The van der Waals surface area contributed by atoms with Gasteiger partial charge in [0.15, 0.2) is 0 Å². The predicted molar refractivity (Wildman–Crippen MR) is 108 cm³/mol. The molecule has 0 aliphatic rings. The van der Waals surface area contributed by atoms with Crippen LogP contribution in [-0.2, 0) is 10.0 Å². The van der Waals surface area contributed by atoms with Gasteiger partial charge in [-0.15, -0.1) is 0 Å². The number of para-hydroxylation sites is 2. The minimum Gasteiger partial charge on any atom is -0.319 e. The van der Waals surface area contributed by atoms with Gasteiger partial charge in [0.05, 0.1) is 16.3 Å². The Morgan fingerprint density at radius 1 is 0.857 bits per heavy atom. The summed E-state index contributed by atoms with van der Waals surface area (Å²) in [5, 5.41) is 2.46. The fourth-order valence-corrected chi connectivity index (χ4v) is 3.91. The van der Waals surface area contributed by atoms with Gasteiger partial charge in [0.2, 0.25) is 0 Å². The van der Waals surface area contributed by atoms with Gasteiger partial charge in [0, 0.05) is 5.56 Å². The molecule has 0 saturated heterocycles. The maximum Gasteiger partial charge on any atom is 0.261 e. The molecule has 144 valence electrons. The van der Waals surface area contributed by atoms with Gasteiger partial charge in [-0.1, -0.05) is 30.3 Å². The number of carbonyl (C=O) groups is 1. The van der Waals surface area contributed by atoms with Gasteiger partial charge in [-0.25, -0.2) is 12.8 Å². The van der Waals surface area contributed by atoms with Gasteiger partial charge in [-0.05, 0) is 61.4 Å². The second kappa shape index (κ2) is 7.82. The second-order valence-electron chi connectivity index (χ2n) is 6.33. The predicted octanol–water partition coefficient (Wildman–Crippen LogP) is 4.50. The SMILES string of the molecule is Cc1cccc(C)c1NS(=O)(=O)c1ccc(C(=O)Nc2ccccc2F)cc1. The van der Waals surface area contributed by atoms with E-state index in [0.29, 0.717) is 5.69 Å². The number of hydrogen-bond donors (Lipinski definition) is 2. The highest BCUT2D eigenvalue weighted by Gasteiger charge is 2.17. The van der Waals surface area contributed by atoms with E-state index in [1.54, 1.807) is 6.07 Å². The number of benzene rings is 3. The minimum absolute atomic E-state index is 0.0256. The van der Waals surface area contributed by atoms with E-state index in [1.807, 2.05) is 32.0 Å². The Bertz CT molecular complexity index is 1110. The Kier molecular flexibility index (Phi) is 5.46. The van der Waals surface area contributed by atoms with Crippen LogP contribution in [0.5, 0.6) is 0 Å². The lowest BCUT2D eigenvalue weighted by Gasteiger charge is -2.13. The zero-order valence-electron chi connectivity index (χ0n) is 15.4. The summed E-state index contributed by atoms with van der Waals surface area (Å²) in [6.45, 7) is 3.64. The number of rotatable bonds is 5. The molecule has 0 aliphatic heterocycles. The first-order chi connectivity index (χ1) is 13.3. The van der Waals surface area contributed by atoms with Crippen LogP contribution in [0, 0.1) is 19.7 Å². The number of carbonyl (C=O) groups excluding carboxylic acids is 1. The fraction of sp³-hybridized carbons (Fsp3) is 0.0952. The first-order valence-electron chi connectivity index (χ1n) is 8.53.